The maximum atomic E-state index is 12.1. The van der Waals surface area contributed by atoms with E-state index in [1.807, 2.05) is 18.2 Å². The van der Waals surface area contributed by atoms with Crippen LogP contribution in [0.3, 0.4) is 0 Å². The SMILES string of the molecule is COc1cc(OC)cc(N2CC[C@H](CNC(=O)Nc3cccc(C#N)c3)C2)c1. The Balaban J connectivity index is 1.52. The second-order valence-corrected chi connectivity index (χ2v) is 6.70. The van der Waals surface area contributed by atoms with E-state index in [4.69, 9.17) is 14.7 Å². The van der Waals surface area contributed by atoms with Crippen molar-refractivity contribution in [1.82, 2.24) is 5.32 Å². The smallest absolute Gasteiger partial charge is 0.319 e. The fraction of sp³-hybridized carbons (Fsp3) is 0.333. The fourth-order valence-corrected chi connectivity index (χ4v) is 3.29. The number of anilines is 2. The van der Waals surface area contributed by atoms with E-state index >= 15 is 0 Å². The zero-order valence-electron chi connectivity index (χ0n) is 16.1. The Bertz CT molecular complexity index is 856. The van der Waals surface area contributed by atoms with Crippen molar-refractivity contribution < 1.29 is 14.3 Å². The van der Waals surface area contributed by atoms with Crippen LogP contribution in [0.25, 0.3) is 0 Å². The maximum absolute atomic E-state index is 12.1. The number of nitrogens with zero attached hydrogens (tertiary/aromatic N) is 2. The molecule has 2 N–H and O–H groups in total. The first kappa shape index (κ1) is 19.4. The summed E-state index contributed by atoms with van der Waals surface area (Å²) in [5.41, 5.74) is 2.17. The predicted molar refractivity (Wildman–Crippen MR) is 108 cm³/mol. The summed E-state index contributed by atoms with van der Waals surface area (Å²) >= 11 is 0. The second-order valence-electron chi connectivity index (χ2n) is 6.70. The Kier molecular flexibility index (Phi) is 6.22. The topological polar surface area (TPSA) is 86.6 Å². The molecule has 1 aliphatic rings. The van der Waals surface area contributed by atoms with Gasteiger partial charge in [-0.1, -0.05) is 6.07 Å². The van der Waals surface area contributed by atoms with Gasteiger partial charge in [-0.3, -0.25) is 0 Å². The minimum absolute atomic E-state index is 0.267. The number of nitrogens with one attached hydrogen (secondary N) is 2. The molecule has 1 heterocycles. The molecule has 2 amide bonds. The molecule has 0 saturated carbocycles. The van der Waals surface area contributed by atoms with Crippen LogP contribution in [0.15, 0.2) is 42.5 Å². The summed E-state index contributed by atoms with van der Waals surface area (Å²) in [6.07, 6.45) is 0.990. The number of ether oxygens (including phenoxy) is 2. The lowest BCUT2D eigenvalue weighted by Crippen LogP contribution is -2.34. The minimum atomic E-state index is -0.267. The van der Waals surface area contributed by atoms with Crippen molar-refractivity contribution in [3.05, 3.63) is 48.0 Å². The summed E-state index contributed by atoms with van der Waals surface area (Å²) in [4.78, 5) is 14.4. The van der Waals surface area contributed by atoms with Gasteiger partial charge >= 0.3 is 6.03 Å². The van der Waals surface area contributed by atoms with Crippen molar-refractivity contribution in [3.63, 3.8) is 0 Å². The van der Waals surface area contributed by atoms with Crippen LogP contribution in [0.5, 0.6) is 11.5 Å². The van der Waals surface area contributed by atoms with Crippen LogP contribution < -0.4 is 25.0 Å². The minimum Gasteiger partial charge on any atom is -0.497 e. The Morgan fingerprint density at radius 2 is 1.96 bits per heavy atom. The zero-order chi connectivity index (χ0) is 19.9. The van der Waals surface area contributed by atoms with Crippen molar-refractivity contribution >= 4 is 17.4 Å². The summed E-state index contributed by atoms with van der Waals surface area (Å²) in [5.74, 6) is 1.87. The van der Waals surface area contributed by atoms with Gasteiger partial charge in [-0.25, -0.2) is 4.79 Å². The summed E-state index contributed by atoms with van der Waals surface area (Å²) in [6.45, 7) is 2.34. The monoisotopic (exact) mass is 380 g/mol. The Labute approximate surface area is 164 Å². The van der Waals surface area contributed by atoms with Crippen LogP contribution in [-0.4, -0.2) is 39.9 Å². The molecule has 1 aliphatic heterocycles. The number of nitriles is 1. The van der Waals surface area contributed by atoms with Crippen LogP contribution in [-0.2, 0) is 0 Å². The number of benzene rings is 2. The average Bonchev–Trinajstić information content (AvgIpc) is 3.21. The highest BCUT2D eigenvalue weighted by atomic mass is 16.5. The third-order valence-corrected chi connectivity index (χ3v) is 4.79. The van der Waals surface area contributed by atoms with E-state index in [0.717, 1.165) is 36.7 Å². The molecule has 146 valence electrons. The van der Waals surface area contributed by atoms with Gasteiger partial charge in [0.15, 0.2) is 0 Å². The van der Waals surface area contributed by atoms with Gasteiger partial charge in [0.25, 0.3) is 0 Å². The summed E-state index contributed by atoms with van der Waals surface area (Å²) in [7, 11) is 3.28. The molecule has 0 aliphatic carbocycles. The van der Waals surface area contributed by atoms with Crippen LogP contribution in [0.1, 0.15) is 12.0 Å². The zero-order valence-corrected chi connectivity index (χ0v) is 16.1. The predicted octanol–water partition coefficient (Wildman–Crippen LogP) is 3.22. The molecule has 1 saturated heterocycles. The highest BCUT2D eigenvalue weighted by molar-refractivity contribution is 5.89. The van der Waals surface area contributed by atoms with Gasteiger partial charge in [0, 0.05) is 49.2 Å². The Hall–Kier alpha value is -3.40. The van der Waals surface area contributed by atoms with Crippen molar-refractivity contribution in [3.8, 4) is 17.6 Å². The molecule has 1 atom stereocenters. The van der Waals surface area contributed by atoms with Crippen molar-refractivity contribution in [2.45, 2.75) is 6.42 Å². The normalized spacial score (nSPS) is 15.6. The van der Waals surface area contributed by atoms with E-state index in [0.29, 0.717) is 23.7 Å². The van der Waals surface area contributed by atoms with Crippen LogP contribution in [0, 0.1) is 17.2 Å². The molecule has 2 aromatic carbocycles. The standard InChI is InChI=1S/C21H24N4O3/c1-27-19-9-18(10-20(11-19)28-2)25-7-6-16(14-25)13-23-21(26)24-17-5-3-4-15(8-17)12-22/h3-5,8-11,16H,6-7,13-14H2,1-2H3,(H2,23,24,26)/t16-/m1/s1. The second kappa shape index (κ2) is 9.00. The van der Waals surface area contributed by atoms with Gasteiger partial charge in [-0.15, -0.1) is 0 Å². The summed E-state index contributed by atoms with van der Waals surface area (Å²) in [5, 5.41) is 14.6. The van der Waals surface area contributed by atoms with Crippen LogP contribution >= 0.6 is 0 Å². The quantitative estimate of drug-likeness (QED) is 0.804. The lowest BCUT2D eigenvalue weighted by Gasteiger charge is -2.20. The summed E-state index contributed by atoms with van der Waals surface area (Å²) in [6, 6.07) is 14.5. The molecule has 0 radical (unpaired) electrons. The number of hydrogen-bond acceptors (Lipinski definition) is 5. The molecule has 7 nitrogen and oxygen atoms in total. The maximum Gasteiger partial charge on any atom is 0.319 e. The van der Waals surface area contributed by atoms with Gasteiger partial charge in [-0.05, 0) is 30.5 Å². The molecule has 7 heteroatoms. The molecule has 0 aromatic heterocycles. The average molecular weight is 380 g/mol. The van der Waals surface area contributed by atoms with Crippen LogP contribution in [0.2, 0.25) is 0 Å². The van der Waals surface area contributed by atoms with Crippen molar-refractivity contribution in [2.24, 2.45) is 5.92 Å². The first-order valence-electron chi connectivity index (χ1n) is 9.14. The highest BCUT2D eigenvalue weighted by Gasteiger charge is 2.24. The van der Waals surface area contributed by atoms with Gasteiger partial charge in [-0.2, -0.15) is 5.26 Å². The molecule has 3 rings (SSSR count). The largest absolute Gasteiger partial charge is 0.497 e. The Morgan fingerprint density at radius 3 is 2.64 bits per heavy atom. The van der Waals surface area contributed by atoms with Crippen molar-refractivity contribution in [1.29, 1.82) is 5.26 Å². The summed E-state index contributed by atoms with van der Waals surface area (Å²) < 4.78 is 10.7. The van der Waals surface area contributed by atoms with Gasteiger partial charge in [0.1, 0.15) is 11.5 Å². The first-order chi connectivity index (χ1) is 13.6. The van der Waals surface area contributed by atoms with E-state index in [-0.39, 0.29) is 6.03 Å². The van der Waals surface area contributed by atoms with Gasteiger partial charge in [0.2, 0.25) is 0 Å². The third-order valence-electron chi connectivity index (χ3n) is 4.79. The fourth-order valence-electron chi connectivity index (χ4n) is 3.29. The van der Waals surface area contributed by atoms with Gasteiger partial charge in [0.05, 0.1) is 25.9 Å². The Morgan fingerprint density at radius 1 is 1.21 bits per heavy atom. The first-order valence-corrected chi connectivity index (χ1v) is 9.14. The van der Waals surface area contributed by atoms with Gasteiger partial charge < -0.3 is 25.0 Å². The van der Waals surface area contributed by atoms with E-state index in [1.165, 1.54) is 0 Å². The highest BCUT2D eigenvalue weighted by Crippen LogP contribution is 2.31. The van der Waals surface area contributed by atoms with E-state index in [2.05, 4.69) is 21.6 Å². The molecule has 0 bridgehead atoms. The van der Waals surface area contributed by atoms with E-state index in [1.54, 1.807) is 38.5 Å². The number of carbonyl (C=O) groups excluding carboxylic acids is 1. The number of urea groups is 1. The lowest BCUT2D eigenvalue weighted by atomic mass is 10.1. The van der Waals surface area contributed by atoms with Crippen molar-refractivity contribution in [2.75, 3.05) is 44.1 Å². The number of hydrogen-bond donors (Lipinski definition) is 2. The number of rotatable bonds is 6. The molecular weight excluding hydrogens is 356 g/mol. The lowest BCUT2D eigenvalue weighted by molar-refractivity contribution is 0.250. The molecular formula is C21H24N4O3. The van der Waals surface area contributed by atoms with E-state index < -0.39 is 0 Å². The molecule has 0 spiro atoms. The molecule has 0 unspecified atom stereocenters. The number of methoxy groups -OCH3 is 2. The molecule has 28 heavy (non-hydrogen) atoms. The van der Waals surface area contributed by atoms with E-state index in [9.17, 15) is 4.79 Å². The molecule has 2 aromatic rings. The molecule has 1 fully saturated rings. The third kappa shape index (κ3) is 4.86. The van der Waals surface area contributed by atoms with Crippen LogP contribution in [0.4, 0.5) is 16.2 Å². The number of carbonyl (C=O) groups is 1. The number of amides is 2.